The summed E-state index contributed by atoms with van der Waals surface area (Å²) in [7, 11) is 0. The molecular formula is C13H21NO. The van der Waals surface area contributed by atoms with Crippen molar-refractivity contribution in [2.24, 2.45) is 21.9 Å². The summed E-state index contributed by atoms with van der Waals surface area (Å²) in [6.45, 7) is 9.08. The van der Waals surface area contributed by atoms with E-state index in [0.717, 1.165) is 12.1 Å². The van der Waals surface area contributed by atoms with Crippen molar-refractivity contribution < 1.29 is 5.21 Å². The third-order valence-corrected chi connectivity index (χ3v) is 4.93. The maximum Gasteiger partial charge on any atom is 0.0824 e. The van der Waals surface area contributed by atoms with Gasteiger partial charge in [-0.3, -0.25) is 0 Å². The van der Waals surface area contributed by atoms with Crippen LogP contribution in [0.1, 0.15) is 47.0 Å². The number of nitrogens with zero attached hydrogens (tertiary/aromatic N) is 1. The number of oxime groups is 1. The zero-order valence-corrected chi connectivity index (χ0v) is 10.2. The first-order valence-corrected chi connectivity index (χ1v) is 5.90. The molecule has 0 aromatic carbocycles. The van der Waals surface area contributed by atoms with Crippen LogP contribution in [0.2, 0.25) is 0 Å². The predicted molar refractivity (Wildman–Crippen MR) is 62.2 cm³/mol. The van der Waals surface area contributed by atoms with Gasteiger partial charge in [0, 0.05) is 0 Å². The van der Waals surface area contributed by atoms with Crippen LogP contribution in [-0.4, -0.2) is 10.9 Å². The minimum atomic E-state index is 0.304. The molecule has 0 radical (unpaired) electrons. The van der Waals surface area contributed by atoms with Gasteiger partial charge in [0.1, 0.15) is 0 Å². The SMILES string of the molecule is CC/C(=N/O)C1=C[C@]2(C)CC[C@@H]1C2(C)C. The third kappa shape index (κ3) is 1.20. The van der Waals surface area contributed by atoms with Crippen LogP contribution in [-0.2, 0) is 0 Å². The summed E-state index contributed by atoms with van der Waals surface area (Å²) >= 11 is 0. The van der Waals surface area contributed by atoms with Crippen molar-refractivity contribution >= 4 is 5.71 Å². The number of hydrogen-bond acceptors (Lipinski definition) is 2. The van der Waals surface area contributed by atoms with Crippen molar-refractivity contribution in [3.63, 3.8) is 0 Å². The first-order valence-electron chi connectivity index (χ1n) is 5.90. The van der Waals surface area contributed by atoms with Gasteiger partial charge in [0.15, 0.2) is 0 Å². The fraction of sp³-hybridized carbons (Fsp3) is 0.769. The van der Waals surface area contributed by atoms with Gasteiger partial charge in [-0.05, 0) is 41.6 Å². The normalized spacial score (nSPS) is 38.3. The molecule has 2 nitrogen and oxygen atoms in total. The van der Waals surface area contributed by atoms with Crippen molar-refractivity contribution in [3.05, 3.63) is 11.6 Å². The molecule has 84 valence electrons. The first-order chi connectivity index (χ1) is 6.96. The lowest BCUT2D eigenvalue weighted by Crippen LogP contribution is -2.27. The molecule has 1 fully saturated rings. The largest absolute Gasteiger partial charge is 0.411 e. The van der Waals surface area contributed by atoms with Crippen molar-refractivity contribution in [1.29, 1.82) is 0 Å². The Bertz CT molecular complexity index is 340. The number of rotatable bonds is 2. The van der Waals surface area contributed by atoms with E-state index in [1.54, 1.807) is 0 Å². The van der Waals surface area contributed by atoms with E-state index < -0.39 is 0 Å². The lowest BCUT2D eigenvalue weighted by Gasteiger charge is -2.34. The number of hydrogen-bond donors (Lipinski definition) is 1. The summed E-state index contributed by atoms with van der Waals surface area (Å²) in [5.74, 6) is 0.591. The third-order valence-electron chi connectivity index (χ3n) is 4.93. The van der Waals surface area contributed by atoms with E-state index in [2.05, 4.69) is 38.9 Å². The highest BCUT2D eigenvalue weighted by Crippen LogP contribution is 2.64. The van der Waals surface area contributed by atoms with E-state index in [-0.39, 0.29) is 0 Å². The molecular weight excluding hydrogens is 186 g/mol. The second-order valence-corrected chi connectivity index (χ2v) is 5.73. The second-order valence-electron chi connectivity index (χ2n) is 5.73. The zero-order chi connectivity index (χ0) is 11.3. The van der Waals surface area contributed by atoms with Crippen LogP contribution in [0.3, 0.4) is 0 Å². The van der Waals surface area contributed by atoms with Gasteiger partial charge < -0.3 is 5.21 Å². The molecule has 1 saturated carbocycles. The number of allylic oxidation sites excluding steroid dienone is 2. The summed E-state index contributed by atoms with van der Waals surface area (Å²) in [5.41, 5.74) is 2.82. The Balaban J connectivity index is 2.41. The molecule has 2 bridgehead atoms. The van der Waals surface area contributed by atoms with Crippen LogP contribution in [0.4, 0.5) is 0 Å². The minimum Gasteiger partial charge on any atom is -0.411 e. The molecule has 0 spiro atoms. The predicted octanol–water partition coefficient (Wildman–Crippen LogP) is 3.61. The summed E-state index contributed by atoms with van der Waals surface area (Å²) < 4.78 is 0. The Hall–Kier alpha value is -0.790. The van der Waals surface area contributed by atoms with Crippen molar-refractivity contribution in [2.75, 3.05) is 0 Å². The van der Waals surface area contributed by atoms with Crippen molar-refractivity contribution in [1.82, 2.24) is 0 Å². The highest BCUT2D eigenvalue weighted by atomic mass is 16.4. The Morgan fingerprint density at radius 1 is 1.53 bits per heavy atom. The zero-order valence-electron chi connectivity index (χ0n) is 10.2. The molecule has 1 N–H and O–H groups in total. The lowest BCUT2D eigenvalue weighted by atomic mass is 9.70. The monoisotopic (exact) mass is 207 g/mol. The molecule has 0 unspecified atom stereocenters. The van der Waals surface area contributed by atoms with Crippen LogP contribution in [0.15, 0.2) is 16.8 Å². The summed E-state index contributed by atoms with van der Waals surface area (Å²) in [6.07, 6.45) is 5.70. The molecule has 0 aliphatic heterocycles. The molecule has 0 aromatic heterocycles. The second kappa shape index (κ2) is 3.10. The molecule has 0 aromatic rings. The first kappa shape index (κ1) is 10.7. The molecule has 2 heteroatoms. The topological polar surface area (TPSA) is 32.6 Å². The van der Waals surface area contributed by atoms with Gasteiger partial charge in [0.05, 0.1) is 5.71 Å². The van der Waals surface area contributed by atoms with Gasteiger partial charge in [-0.1, -0.05) is 38.9 Å². The molecule has 2 atom stereocenters. The van der Waals surface area contributed by atoms with Crippen LogP contribution in [0.5, 0.6) is 0 Å². The molecule has 2 aliphatic carbocycles. The van der Waals surface area contributed by atoms with Gasteiger partial charge in [-0.15, -0.1) is 0 Å². The standard InChI is InChI=1S/C13H21NO/c1-5-11(14-15)9-8-13(4)7-6-10(9)12(13,2)3/h8,10,15H,5-7H2,1-4H3/b14-11-/t10-,13-/m0/s1. The van der Waals surface area contributed by atoms with Crippen LogP contribution in [0.25, 0.3) is 0 Å². The van der Waals surface area contributed by atoms with Gasteiger partial charge in [-0.2, -0.15) is 0 Å². The smallest absolute Gasteiger partial charge is 0.0824 e. The Kier molecular flexibility index (Phi) is 2.21. The Morgan fingerprint density at radius 3 is 2.53 bits per heavy atom. The van der Waals surface area contributed by atoms with Crippen LogP contribution < -0.4 is 0 Å². The van der Waals surface area contributed by atoms with E-state index >= 15 is 0 Å². The van der Waals surface area contributed by atoms with Gasteiger partial charge in [0.2, 0.25) is 0 Å². The maximum atomic E-state index is 9.02. The maximum absolute atomic E-state index is 9.02. The molecule has 0 amide bonds. The average molecular weight is 207 g/mol. The van der Waals surface area contributed by atoms with E-state index in [0.29, 0.717) is 16.7 Å². The fourth-order valence-electron chi connectivity index (χ4n) is 3.39. The van der Waals surface area contributed by atoms with Gasteiger partial charge in [-0.25, -0.2) is 0 Å². The summed E-state index contributed by atoms with van der Waals surface area (Å²) in [4.78, 5) is 0. The fourth-order valence-corrected chi connectivity index (χ4v) is 3.39. The molecule has 2 aliphatic rings. The molecule has 15 heavy (non-hydrogen) atoms. The highest BCUT2D eigenvalue weighted by Gasteiger charge is 2.56. The van der Waals surface area contributed by atoms with Crippen LogP contribution >= 0.6 is 0 Å². The summed E-state index contributed by atoms with van der Waals surface area (Å²) in [5, 5.41) is 12.5. The van der Waals surface area contributed by atoms with Crippen molar-refractivity contribution in [3.8, 4) is 0 Å². The lowest BCUT2D eigenvalue weighted by molar-refractivity contribution is 0.180. The van der Waals surface area contributed by atoms with Gasteiger partial charge >= 0.3 is 0 Å². The molecule has 0 heterocycles. The van der Waals surface area contributed by atoms with E-state index in [9.17, 15) is 0 Å². The van der Waals surface area contributed by atoms with E-state index in [1.807, 2.05) is 0 Å². The Morgan fingerprint density at radius 2 is 2.20 bits per heavy atom. The van der Waals surface area contributed by atoms with E-state index in [4.69, 9.17) is 5.21 Å². The molecule has 2 rings (SSSR count). The average Bonchev–Trinajstić information content (AvgIpc) is 2.50. The minimum absolute atomic E-state index is 0.304. The van der Waals surface area contributed by atoms with E-state index in [1.165, 1.54) is 18.4 Å². The Labute approximate surface area is 92.1 Å². The number of fused-ring (bicyclic) bond motifs is 2. The molecule has 0 saturated heterocycles. The van der Waals surface area contributed by atoms with Crippen molar-refractivity contribution in [2.45, 2.75) is 47.0 Å². The highest BCUT2D eigenvalue weighted by molar-refractivity contribution is 6.01. The van der Waals surface area contributed by atoms with Gasteiger partial charge in [0.25, 0.3) is 0 Å². The van der Waals surface area contributed by atoms with Crippen LogP contribution in [0, 0.1) is 16.7 Å². The quantitative estimate of drug-likeness (QED) is 0.419. The summed E-state index contributed by atoms with van der Waals surface area (Å²) in [6, 6.07) is 0.